The van der Waals surface area contributed by atoms with Crippen molar-refractivity contribution in [2.24, 2.45) is 7.05 Å². The zero-order valence-corrected chi connectivity index (χ0v) is 12.6. The normalized spacial score (nSPS) is 14.6. The Morgan fingerprint density at radius 2 is 2.00 bits per heavy atom. The predicted molar refractivity (Wildman–Crippen MR) is 76.4 cm³/mol. The van der Waals surface area contributed by atoms with Crippen LogP contribution in [0.15, 0.2) is 24.4 Å². The molecule has 0 amide bonds. The lowest BCUT2D eigenvalue weighted by Crippen LogP contribution is -2.32. The minimum atomic E-state index is -4.55. The van der Waals surface area contributed by atoms with Crippen LogP contribution in [0.1, 0.15) is 31.8 Å². The standard InChI is InChI=1S/C14H18F3N5/c1-4-13(2,10-7-5-6-8-18-10)9-19-12-20-11(14(15,16)17)21-22(12)3/h5-8H,4,9H2,1-3H3,(H,19,20,21). The molecular formula is C14H18F3N5. The molecule has 0 bridgehead atoms. The maximum absolute atomic E-state index is 12.6. The third-order valence-corrected chi connectivity index (χ3v) is 3.72. The maximum atomic E-state index is 12.6. The van der Waals surface area contributed by atoms with Crippen LogP contribution >= 0.6 is 0 Å². The number of hydrogen-bond acceptors (Lipinski definition) is 4. The van der Waals surface area contributed by atoms with Crippen molar-refractivity contribution in [3.8, 4) is 0 Å². The lowest BCUT2D eigenvalue weighted by atomic mass is 9.83. The van der Waals surface area contributed by atoms with Gasteiger partial charge in [-0.3, -0.25) is 4.98 Å². The number of rotatable bonds is 5. The first-order chi connectivity index (χ1) is 10.3. The maximum Gasteiger partial charge on any atom is 0.453 e. The summed E-state index contributed by atoms with van der Waals surface area (Å²) < 4.78 is 38.9. The molecule has 0 aliphatic rings. The first-order valence-electron chi connectivity index (χ1n) is 6.90. The van der Waals surface area contributed by atoms with Crippen molar-refractivity contribution in [2.45, 2.75) is 31.9 Å². The van der Waals surface area contributed by atoms with Gasteiger partial charge in [-0.2, -0.15) is 18.2 Å². The zero-order chi connectivity index (χ0) is 16.4. The molecule has 0 radical (unpaired) electrons. The second kappa shape index (κ2) is 5.94. The number of halogens is 3. The molecule has 2 heterocycles. The number of hydrogen-bond donors (Lipinski definition) is 1. The molecule has 8 heteroatoms. The molecule has 0 aromatic carbocycles. The minimum Gasteiger partial charge on any atom is -0.353 e. The van der Waals surface area contributed by atoms with Crippen LogP contribution in [0.5, 0.6) is 0 Å². The lowest BCUT2D eigenvalue weighted by Gasteiger charge is -2.28. The van der Waals surface area contributed by atoms with E-state index in [0.29, 0.717) is 6.54 Å². The van der Waals surface area contributed by atoms with Crippen LogP contribution in [-0.4, -0.2) is 26.3 Å². The molecule has 0 aliphatic heterocycles. The summed E-state index contributed by atoms with van der Waals surface area (Å²) in [5.41, 5.74) is 0.564. The number of pyridine rings is 1. The summed E-state index contributed by atoms with van der Waals surface area (Å²) >= 11 is 0. The van der Waals surface area contributed by atoms with Gasteiger partial charge in [-0.1, -0.05) is 19.9 Å². The van der Waals surface area contributed by atoms with Gasteiger partial charge in [-0.05, 0) is 18.6 Å². The van der Waals surface area contributed by atoms with Crippen LogP contribution in [0.4, 0.5) is 19.1 Å². The Hall–Kier alpha value is -2.12. The summed E-state index contributed by atoms with van der Waals surface area (Å²) in [5.74, 6) is -1.06. The number of alkyl halides is 3. The number of nitrogens with zero attached hydrogens (tertiary/aromatic N) is 4. The highest BCUT2D eigenvalue weighted by Crippen LogP contribution is 2.28. The summed E-state index contributed by atoms with van der Waals surface area (Å²) in [5, 5.41) is 6.33. The quantitative estimate of drug-likeness (QED) is 0.922. The topological polar surface area (TPSA) is 55.6 Å². The van der Waals surface area contributed by atoms with E-state index in [1.807, 2.05) is 32.0 Å². The molecule has 2 aromatic rings. The van der Waals surface area contributed by atoms with E-state index in [2.05, 4.69) is 20.4 Å². The molecule has 2 rings (SSSR count). The number of aromatic nitrogens is 4. The third-order valence-electron chi connectivity index (χ3n) is 3.72. The van der Waals surface area contributed by atoms with E-state index in [9.17, 15) is 13.2 Å². The van der Waals surface area contributed by atoms with Gasteiger partial charge in [-0.25, -0.2) is 4.68 Å². The summed E-state index contributed by atoms with van der Waals surface area (Å²) in [6.07, 6.45) is -2.07. The van der Waals surface area contributed by atoms with Gasteiger partial charge >= 0.3 is 6.18 Å². The van der Waals surface area contributed by atoms with Crippen LogP contribution in [0.25, 0.3) is 0 Å². The molecule has 0 saturated carbocycles. The Morgan fingerprint density at radius 3 is 2.50 bits per heavy atom. The number of nitrogens with one attached hydrogen (secondary N) is 1. The van der Waals surface area contributed by atoms with E-state index in [1.165, 1.54) is 7.05 Å². The highest BCUT2D eigenvalue weighted by Gasteiger charge is 2.37. The van der Waals surface area contributed by atoms with Crippen LogP contribution in [-0.2, 0) is 18.6 Å². The van der Waals surface area contributed by atoms with Crippen molar-refractivity contribution >= 4 is 5.95 Å². The molecule has 0 aliphatic carbocycles. The van der Waals surface area contributed by atoms with E-state index >= 15 is 0 Å². The van der Waals surface area contributed by atoms with Crippen molar-refractivity contribution in [3.63, 3.8) is 0 Å². The molecule has 0 fully saturated rings. The number of anilines is 1. The van der Waals surface area contributed by atoms with Crippen molar-refractivity contribution in [1.29, 1.82) is 0 Å². The Morgan fingerprint density at radius 1 is 1.27 bits per heavy atom. The fourth-order valence-corrected chi connectivity index (χ4v) is 2.05. The van der Waals surface area contributed by atoms with E-state index in [1.54, 1.807) is 6.20 Å². The second-order valence-corrected chi connectivity index (χ2v) is 5.36. The molecule has 120 valence electrons. The van der Waals surface area contributed by atoms with Crippen molar-refractivity contribution in [1.82, 2.24) is 19.7 Å². The third kappa shape index (κ3) is 3.37. The minimum absolute atomic E-state index is 0.0860. The fraction of sp³-hybridized carbons (Fsp3) is 0.500. The molecule has 0 spiro atoms. The lowest BCUT2D eigenvalue weighted by molar-refractivity contribution is -0.144. The van der Waals surface area contributed by atoms with Gasteiger partial charge < -0.3 is 5.32 Å². The predicted octanol–water partition coefficient (Wildman–Crippen LogP) is 3.01. The van der Waals surface area contributed by atoms with E-state index in [0.717, 1.165) is 16.8 Å². The van der Waals surface area contributed by atoms with Gasteiger partial charge in [0.1, 0.15) is 0 Å². The van der Waals surface area contributed by atoms with E-state index in [-0.39, 0.29) is 11.4 Å². The van der Waals surface area contributed by atoms with Crippen molar-refractivity contribution in [3.05, 3.63) is 35.9 Å². The van der Waals surface area contributed by atoms with Gasteiger partial charge in [-0.15, -0.1) is 5.10 Å². The smallest absolute Gasteiger partial charge is 0.353 e. The Labute approximate surface area is 126 Å². The van der Waals surface area contributed by atoms with Crippen molar-refractivity contribution in [2.75, 3.05) is 11.9 Å². The highest BCUT2D eigenvalue weighted by molar-refractivity contribution is 5.29. The zero-order valence-electron chi connectivity index (χ0n) is 12.6. The Bertz CT molecular complexity index is 623. The van der Waals surface area contributed by atoms with Gasteiger partial charge in [0.2, 0.25) is 5.95 Å². The molecule has 5 nitrogen and oxygen atoms in total. The van der Waals surface area contributed by atoms with Crippen LogP contribution in [0, 0.1) is 0 Å². The first kappa shape index (κ1) is 16.3. The Balaban J connectivity index is 2.16. The SMILES string of the molecule is CCC(C)(CNc1nc(C(F)(F)F)nn1C)c1ccccn1. The van der Waals surface area contributed by atoms with Gasteiger partial charge in [0.25, 0.3) is 5.82 Å². The summed E-state index contributed by atoms with van der Waals surface area (Å²) in [6.45, 7) is 4.42. The van der Waals surface area contributed by atoms with Crippen LogP contribution < -0.4 is 5.32 Å². The van der Waals surface area contributed by atoms with E-state index in [4.69, 9.17) is 0 Å². The van der Waals surface area contributed by atoms with E-state index < -0.39 is 12.0 Å². The average molecular weight is 313 g/mol. The molecular weight excluding hydrogens is 295 g/mol. The summed E-state index contributed by atoms with van der Waals surface area (Å²) in [7, 11) is 1.43. The molecule has 22 heavy (non-hydrogen) atoms. The summed E-state index contributed by atoms with van der Waals surface area (Å²) in [6, 6.07) is 5.62. The average Bonchev–Trinajstić information content (AvgIpc) is 2.87. The monoisotopic (exact) mass is 313 g/mol. The molecule has 0 saturated heterocycles. The first-order valence-corrected chi connectivity index (χ1v) is 6.90. The Kier molecular flexibility index (Phi) is 4.39. The van der Waals surface area contributed by atoms with Crippen molar-refractivity contribution < 1.29 is 13.2 Å². The number of aryl methyl sites for hydroxylation is 1. The van der Waals surface area contributed by atoms with Crippen LogP contribution in [0.3, 0.4) is 0 Å². The molecule has 1 unspecified atom stereocenters. The summed E-state index contributed by atoms with van der Waals surface area (Å²) in [4.78, 5) is 7.85. The fourth-order valence-electron chi connectivity index (χ4n) is 2.05. The highest BCUT2D eigenvalue weighted by atomic mass is 19.4. The van der Waals surface area contributed by atoms with Gasteiger partial charge in [0.05, 0.1) is 0 Å². The van der Waals surface area contributed by atoms with Crippen LogP contribution in [0.2, 0.25) is 0 Å². The molecule has 2 aromatic heterocycles. The second-order valence-electron chi connectivity index (χ2n) is 5.36. The molecule has 1 atom stereocenters. The van der Waals surface area contributed by atoms with Gasteiger partial charge in [0.15, 0.2) is 0 Å². The largest absolute Gasteiger partial charge is 0.453 e. The van der Waals surface area contributed by atoms with Gasteiger partial charge in [0, 0.05) is 30.9 Å². The molecule has 1 N–H and O–H groups in total.